The second-order valence-corrected chi connectivity index (χ2v) is 5.67. The van der Waals surface area contributed by atoms with Gasteiger partial charge in [-0.2, -0.15) is 0 Å². The quantitative estimate of drug-likeness (QED) is 0.791. The molecule has 0 radical (unpaired) electrons. The fraction of sp³-hybridized carbons (Fsp3) is 0.923. The minimum absolute atomic E-state index is 0.255. The van der Waals surface area contributed by atoms with Crippen molar-refractivity contribution in [3.05, 3.63) is 0 Å². The van der Waals surface area contributed by atoms with Gasteiger partial charge in [0.2, 0.25) is 0 Å². The zero-order valence-electron chi connectivity index (χ0n) is 11.5. The number of carboxylic acids is 1. The van der Waals surface area contributed by atoms with Gasteiger partial charge in [0.1, 0.15) is 0 Å². The average molecular weight is 242 g/mol. The summed E-state index contributed by atoms with van der Waals surface area (Å²) < 4.78 is 0. The van der Waals surface area contributed by atoms with Crippen LogP contribution in [0.4, 0.5) is 0 Å². The third-order valence-corrected chi connectivity index (χ3v) is 3.88. The van der Waals surface area contributed by atoms with E-state index >= 15 is 0 Å². The molecule has 0 saturated carbocycles. The van der Waals surface area contributed by atoms with E-state index < -0.39 is 5.97 Å². The van der Waals surface area contributed by atoms with Crippen molar-refractivity contribution in [3.63, 3.8) is 0 Å². The Morgan fingerprint density at radius 2 is 2.18 bits per heavy atom. The van der Waals surface area contributed by atoms with E-state index in [0.717, 1.165) is 13.0 Å². The molecule has 3 unspecified atom stereocenters. The molecule has 0 bridgehead atoms. The maximum Gasteiger partial charge on any atom is 0.306 e. The summed E-state index contributed by atoms with van der Waals surface area (Å²) in [6, 6.07) is 0.379. The molecular weight excluding hydrogens is 216 g/mol. The summed E-state index contributed by atoms with van der Waals surface area (Å²) in [4.78, 5) is 15.5. The maximum atomic E-state index is 11.0. The molecule has 3 atom stereocenters. The number of hydrogen-bond donors (Lipinski definition) is 1. The highest BCUT2D eigenvalue weighted by Crippen LogP contribution is 2.25. The smallest absolute Gasteiger partial charge is 0.306 e. The standard InChI is InChI=1S/C13H26N2O2/c1-10(13(16)17)8-12(14(2)3)11-6-5-7-15(4)9-11/h10-12H,5-9H2,1-4H3,(H,16,17). The summed E-state index contributed by atoms with van der Waals surface area (Å²) in [6.45, 7) is 4.08. The van der Waals surface area contributed by atoms with Crippen LogP contribution >= 0.6 is 0 Å². The molecule has 0 aromatic heterocycles. The largest absolute Gasteiger partial charge is 0.481 e. The van der Waals surface area contributed by atoms with Crippen LogP contribution in [0.25, 0.3) is 0 Å². The van der Waals surface area contributed by atoms with Gasteiger partial charge >= 0.3 is 5.97 Å². The van der Waals surface area contributed by atoms with Gasteiger partial charge in [-0.1, -0.05) is 6.92 Å². The molecule has 4 nitrogen and oxygen atoms in total. The summed E-state index contributed by atoms with van der Waals surface area (Å²) >= 11 is 0. The molecule has 1 N–H and O–H groups in total. The Balaban J connectivity index is 2.61. The van der Waals surface area contributed by atoms with Crippen LogP contribution in [0.5, 0.6) is 0 Å². The molecule has 0 spiro atoms. The van der Waals surface area contributed by atoms with E-state index in [0.29, 0.717) is 12.0 Å². The van der Waals surface area contributed by atoms with E-state index in [9.17, 15) is 4.79 Å². The SMILES string of the molecule is CC(CC(C1CCCN(C)C1)N(C)C)C(=O)O. The molecule has 0 aromatic carbocycles. The number of rotatable bonds is 5. The lowest BCUT2D eigenvalue weighted by Crippen LogP contribution is -2.45. The predicted molar refractivity (Wildman–Crippen MR) is 69.1 cm³/mol. The number of piperidine rings is 1. The Hall–Kier alpha value is -0.610. The number of hydrogen-bond acceptors (Lipinski definition) is 3. The highest BCUT2D eigenvalue weighted by atomic mass is 16.4. The van der Waals surface area contributed by atoms with Crippen LogP contribution in [0.1, 0.15) is 26.2 Å². The van der Waals surface area contributed by atoms with E-state index in [1.54, 1.807) is 0 Å². The summed E-state index contributed by atoms with van der Waals surface area (Å²) in [6.07, 6.45) is 3.20. The summed E-state index contributed by atoms with van der Waals surface area (Å²) in [5, 5.41) is 9.03. The van der Waals surface area contributed by atoms with Gasteiger partial charge in [0.15, 0.2) is 0 Å². The molecule has 1 aliphatic heterocycles. The average Bonchev–Trinajstić information content (AvgIpc) is 2.24. The van der Waals surface area contributed by atoms with E-state index in [4.69, 9.17) is 5.11 Å². The fourth-order valence-electron chi connectivity index (χ4n) is 2.81. The number of carboxylic acid groups (broad SMARTS) is 1. The molecule has 1 aliphatic rings. The topological polar surface area (TPSA) is 43.8 Å². The van der Waals surface area contributed by atoms with E-state index in [1.807, 2.05) is 6.92 Å². The fourth-order valence-corrected chi connectivity index (χ4v) is 2.81. The van der Waals surface area contributed by atoms with Crippen LogP contribution in [-0.2, 0) is 4.79 Å². The normalized spacial score (nSPS) is 25.8. The first-order valence-electron chi connectivity index (χ1n) is 6.49. The van der Waals surface area contributed by atoms with E-state index in [1.165, 1.54) is 19.4 Å². The van der Waals surface area contributed by atoms with Gasteiger partial charge in [-0.05, 0) is 52.9 Å². The van der Waals surface area contributed by atoms with Crippen LogP contribution in [0.3, 0.4) is 0 Å². The zero-order valence-corrected chi connectivity index (χ0v) is 11.5. The van der Waals surface area contributed by atoms with Crippen molar-refractivity contribution in [2.45, 2.75) is 32.2 Å². The van der Waals surface area contributed by atoms with Gasteiger partial charge in [0, 0.05) is 12.6 Å². The van der Waals surface area contributed by atoms with Crippen molar-refractivity contribution in [2.24, 2.45) is 11.8 Å². The molecule has 1 rings (SSSR count). The molecule has 0 aromatic rings. The third-order valence-electron chi connectivity index (χ3n) is 3.88. The first kappa shape index (κ1) is 14.5. The van der Waals surface area contributed by atoms with Crippen molar-refractivity contribution in [2.75, 3.05) is 34.2 Å². The number of aliphatic carboxylic acids is 1. The minimum atomic E-state index is -0.680. The Kier molecular flexibility index (Phi) is 5.40. The number of carbonyl (C=O) groups is 1. The molecular formula is C13H26N2O2. The minimum Gasteiger partial charge on any atom is -0.481 e. The lowest BCUT2D eigenvalue weighted by molar-refractivity contribution is -0.142. The van der Waals surface area contributed by atoms with Crippen molar-refractivity contribution in [1.82, 2.24) is 9.80 Å². The van der Waals surface area contributed by atoms with Crippen molar-refractivity contribution < 1.29 is 9.90 Å². The van der Waals surface area contributed by atoms with Gasteiger partial charge < -0.3 is 14.9 Å². The van der Waals surface area contributed by atoms with Crippen LogP contribution in [-0.4, -0.2) is 61.2 Å². The maximum absolute atomic E-state index is 11.0. The predicted octanol–water partition coefficient (Wildman–Crippen LogP) is 1.37. The second kappa shape index (κ2) is 6.36. The molecule has 0 amide bonds. The lowest BCUT2D eigenvalue weighted by atomic mass is 9.85. The number of nitrogens with zero attached hydrogens (tertiary/aromatic N) is 2. The van der Waals surface area contributed by atoms with Gasteiger partial charge in [0.25, 0.3) is 0 Å². The molecule has 1 heterocycles. The molecule has 100 valence electrons. The van der Waals surface area contributed by atoms with Gasteiger partial charge in [-0.25, -0.2) is 0 Å². The van der Waals surface area contributed by atoms with E-state index in [-0.39, 0.29) is 5.92 Å². The molecule has 17 heavy (non-hydrogen) atoms. The first-order chi connectivity index (χ1) is 7.91. The number of likely N-dealkylation sites (tertiary alicyclic amines) is 1. The summed E-state index contributed by atoms with van der Waals surface area (Å²) in [5.74, 6) is -0.332. The van der Waals surface area contributed by atoms with Crippen molar-refractivity contribution in [3.8, 4) is 0 Å². The van der Waals surface area contributed by atoms with Gasteiger partial charge in [-0.3, -0.25) is 4.79 Å². The highest BCUT2D eigenvalue weighted by Gasteiger charge is 2.30. The molecule has 1 fully saturated rings. The Bertz CT molecular complexity index is 256. The second-order valence-electron chi connectivity index (χ2n) is 5.67. The zero-order chi connectivity index (χ0) is 13.0. The Morgan fingerprint density at radius 1 is 1.53 bits per heavy atom. The van der Waals surface area contributed by atoms with Crippen LogP contribution in [0.15, 0.2) is 0 Å². The molecule has 1 saturated heterocycles. The van der Waals surface area contributed by atoms with Crippen molar-refractivity contribution >= 4 is 5.97 Å². The van der Waals surface area contributed by atoms with Crippen LogP contribution < -0.4 is 0 Å². The molecule has 0 aliphatic carbocycles. The monoisotopic (exact) mass is 242 g/mol. The first-order valence-corrected chi connectivity index (χ1v) is 6.49. The Morgan fingerprint density at radius 3 is 2.65 bits per heavy atom. The summed E-state index contributed by atoms with van der Waals surface area (Å²) in [7, 11) is 6.28. The van der Waals surface area contributed by atoms with Gasteiger partial charge in [-0.15, -0.1) is 0 Å². The van der Waals surface area contributed by atoms with Crippen LogP contribution in [0, 0.1) is 11.8 Å². The Labute approximate surface area is 105 Å². The third kappa shape index (κ3) is 4.28. The summed E-state index contributed by atoms with van der Waals surface area (Å²) in [5.41, 5.74) is 0. The van der Waals surface area contributed by atoms with E-state index in [2.05, 4.69) is 30.9 Å². The molecule has 4 heteroatoms. The van der Waals surface area contributed by atoms with Crippen molar-refractivity contribution in [1.29, 1.82) is 0 Å². The highest BCUT2D eigenvalue weighted by molar-refractivity contribution is 5.69. The van der Waals surface area contributed by atoms with Gasteiger partial charge in [0.05, 0.1) is 5.92 Å². The van der Waals surface area contributed by atoms with Crippen LogP contribution in [0.2, 0.25) is 0 Å². The lowest BCUT2D eigenvalue weighted by Gasteiger charge is -2.39.